The smallest absolute Gasteiger partial charge is 0.417 e. The molecule has 39 heavy (non-hydrogen) atoms. The van der Waals surface area contributed by atoms with Crippen LogP contribution in [0, 0.1) is 12.7 Å². The third-order valence-corrected chi connectivity index (χ3v) is 5.71. The number of aromatic nitrogens is 2. The van der Waals surface area contributed by atoms with Gasteiger partial charge in [0.25, 0.3) is 5.91 Å². The summed E-state index contributed by atoms with van der Waals surface area (Å²) in [4.78, 5) is 20.5. The summed E-state index contributed by atoms with van der Waals surface area (Å²) in [5.74, 6) is -2.79. The molecule has 0 unspecified atom stereocenters. The summed E-state index contributed by atoms with van der Waals surface area (Å²) in [5.41, 5.74) is 1.41. The van der Waals surface area contributed by atoms with Gasteiger partial charge in [-0.25, -0.2) is 18.6 Å². The number of hydrogen-bond donors (Lipinski definition) is 2. The Morgan fingerprint density at radius 1 is 1.05 bits per heavy atom. The highest BCUT2D eigenvalue weighted by molar-refractivity contribution is 7.92. The predicted octanol–water partition coefficient (Wildman–Crippen LogP) is 5.56. The third kappa shape index (κ3) is 7.68. The molecular formula is C23H22F7N5O3S. The Labute approximate surface area is 218 Å². The molecule has 0 saturated carbocycles. The van der Waals surface area contributed by atoms with Crippen molar-refractivity contribution in [1.29, 1.82) is 0 Å². The van der Waals surface area contributed by atoms with Crippen molar-refractivity contribution in [2.24, 2.45) is 4.36 Å². The van der Waals surface area contributed by atoms with Crippen LogP contribution in [0.25, 0.3) is 10.9 Å². The van der Waals surface area contributed by atoms with Crippen LogP contribution in [0.2, 0.25) is 0 Å². The van der Waals surface area contributed by atoms with Gasteiger partial charge in [0, 0.05) is 33.7 Å². The van der Waals surface area contributed by atoms with Gasteiger partial charge < -0.3 is 15.4 Å². The van der Waals surface area contributed by atoms with E-state index in [9.17, 15) is 39.7 Å². The highest BCUT2D eigenvalue weighted by atomic mass is 32.2. The van der Waals surface area contributed by atoms with Gasteiger partial charge in [-0.05, 0) is 43.7 Å². The molecule has 0 aliphatic heterocycles. The van der Waals surface area contributed by atoms with E-state index in [1.165, 1.54) is 24.9 Å². The van der Waals surface area contributed by atoms with Crippen molar-refractivity contribution in [2.75, 3.05) is 17.8 Å². The lowest BCUT2D eigenvalue weighted by Crippen LogP contribution is -2.56. The van der Waals surface area contributed by atoms with Gasteiger partial charge in [0.2, 0.25) is 6.04 Å². The number of rotatable bonds is 7. The first-order chi connectivity index (χ1) is 17.8. The molecule has 16 heteroatoms. The summed E-state index contributed by atoms with van der Waals surface area (Å²) in [6.07, 6.45) is -9.37. The molecule has 1 aromatic heterocycles. The standard InChI is InChI=1S/C23H22F7N5O3S/c1-11-7-14(35-39(3,4)37)9-16-18(11)19(32-10-31-16)33-15-6-5-13(24)8-17(15)38-12(2)20(36)34-21(22(25,26)27)23(28,29)30/h5-10,12,21H,1-4H3,(H,34,36)(H,31,32,33)/t12-/m1/s1. The van der Waals surface area contributed by atoms with Crippen molar-refractivity contribution in [1.82, 2.24) is 15.3 Å². The molecule has 1 atom stereocenters. The summed E-state index contributed by atoms with van der Waals surface area (Å²) < 4.78 is 112. The number of benzene rings is 2. The second kappa shape index (κ2) is 10.8. The van der Waals surface area contributed by atoms with Gasteiger partial charge >= 0.3 is 12.4 Å². The molecular weight excluding hydrogens is 559 g/mol. The van der Waals surface area contributed by atoms with Gasteiger partial charge in [0.05, 0.1) is 16.9 Å². The predicted molar refractivity (Wildman–Crippen MR) is 130 cm³/mol. The minimum atomic E-state index is -5.80. The maximum absolute atomic E-state index is 14.0. The number of anilines is 2. The molecule has 0 radical (unpaired) electrons. The van der Waals surface area contributed by atoms with E-state index < -0.39 is 46.0 Å². The zero-order valence-corrected chi connectivity index (χ0v) is 21.6. The first kappa shape index (κ1) is 29.9. The van der Waals surface area contributed by atoms with E-state index >= 15 is 0 Å². The molecule has 2 aromatic carbocycles. The first-order valence-electron chi connectivity index (χ1n) is 10.9. The molecule has 1 amide bonds. The number of aryl methyl sites for hydroxylation is 1. The number of fused-ring (bicyclic) bond motifs is 1. The SMILES string of the molecule is Cc1cc(N=S(C)(C)=O)cc2ncnc(Nc3ccc(F)cc3O[C@H](C)C(=O)NC(C(F)(F)F)C(F)(F)F)c12. The average Bonchev–Trinajstić information content (AvgIpc) is 2.76. The molecule has 1 heterocycles. The fraction of sp³-hybridized carbons (Fsp3) is 0.348. The molecule has 8 nitrogen and oxygen atoms in total. The normalized spacial score (nSPS) is 13.3. The first-order valence-corrected chi connectivity index (χ1v) is 13.3. The van der Waals surface area contributed by atoms with Crippen LogP contribution in [0.3, 0.4) is 0 Å². The van der Waals surface area contributed by atoms with Crippen molar-refractivity contribution in [3.63, 3.8) is 0 Å². The quantitative estimate of drug-likeness (QED) is 0.354. The van der Waals surface area contributed by atoms with Crippen LogP contribution in [0.1, 0.15) is 12.5 Å². The Morgan fingerprint density at radius 3 is 2.28 bits per heavy atom. The van der Waals surface area contributed by atoms with E-state index in [-0.39, 0.29) is 17.3 Å². The summed E-state index contributed by atoms with van der Waals surface area (Å²) in [5, 5.41) is 4.22. The van der Waals surface area contributed by atoms with Crippen LogP contribution >= 0.6 is 0 Å². The molecule has 0 aliphatic carbocycles. The van der Waals surface area contributed by atoms with Crippen LogP contribution in [0.4, 0.5) is 47.9 Å². The van der Waals surface area contributed by atoms with Crippen molar-refractivity contribution in [3.8, 4) is 5.75 Å². The highest BCUT2D eigenvalue weighted by Crippen LogP contribution is 2.35. The van der Waals surface area contributed by atoms with Crippen LogP contribution < -0.4 is 15.4 Å². The van der Waals surface area contributed by atoms with E-state index in [1.807, 2.05) is 0 Å². The largest absolute Gasteiger partial charge is 0.479 e. The lowest BCUT2D eigenvalue weighted by Gasteiger charge is -2.25. The maximum atomic E-state index is 14.0. The van der Waals surface area contributed by atoms with Crippen molar-refractivity contribution >= 4 is 43.7 Å². The molecule has 0 aliphatic rings. The van der Waals surface area contributed by atoms with Gasteiger partial charge in [-0.3, -0.25) is 4.79 Å². The third-order valence-electron chi connectivity index (χ3n) is 5.06. The number of nitrogens with zero attached hydrogens (tertiary/aromatic N) is 3. The topological polar surface area (TPSA) is 106 Å². The van der Waals surface area contributed by atoms with E-state index in [1.54, 1.807) is 19.1 Å². The fourth-order valence-corrected chi connectivity index (χ4v) is 4.06. The Hall–Kier alpha value is -3.69. The second-order valence-electron chi connectivity index (χ2n) is 8.70. The summed E-state index contributed by atoms with van der Waals surface area (Å²) in [6.45, 7) is 2.61. The molecule has 3 aromatic rings. The minimum absolute atomic E-state index is 0.00228. The van der Waals surface area contributed by atoms with Crippen molar-refractivity contribution in [2.45, 2.75) is 38.3 Å². The maximum Gasteiger partial charge on any atom is 0.417 e. The van der Waals surface area contributed by atoms with Crippen LogP contribution in [0.15, 0.2) is 41.0 Å². The van der Waals surface area contributed by atoms with E-state index in [0.29, 0.717) is 22.2 Å². The van der Waals surface area contributed by atoms with Crippen LogP contribution in [0.5, 0.6) is 5.75 Å². The van der Waals surface area contributed by atoms with Gasteiger partial charge in [0.1, 0.15) is 23.7 Å². The summed E-state index contributed by atoms with van der Waals surface area (Å²) >= 11 is 0. The molecule has 0 saturated heterocycles. The van der Waals surface area contributed by atoms with Crippen LogP contribution in [-0.2, 0) is 14.5 Å². The number of ether oxygens (including phenoxy) is 1. The van der Waals surface area contributed by atoms with Gasteiger partial charge in [0.15, 0.2) is 6.10 Å². The number of carbonyl (C=O) groups excluding carboxylic acids is 1. The molecule has 212 valence electrons. The Balaban J connectivity index is 1.93. The van der Waals surface area contributed by atoms with Crippen molar-refractivity contribution < 1.29 is 44.5 Å². The number of nitrogens with one attached hydrogen (secondary N) is 2. The number of hydrogen-bond acceptors (Lipinski definition) is 7. The number of carbonyl (C=O) groups is 1. The van der Waals surface area contributed by atoms with E-state index in [0.717, 1.165) is 24.4 Å². The molecule has 0 bridgehead atoms. The number of alkyl halides is 6. The molecule has 2 N–H and O–H groups in total. The summed E-state index contributed by atoms with van der Waals surface area (Å²) in [6, 6.07) is 2.07. The van der Waals surface area contributed by atoms with Gasteiger partial charge in [-0.1, -0.05) is 0 Å². The number of halogens is 7. The molecule has 0 fully saturated rings. The Morgan fingerprint density at radius 2 is 1.69 bits per heavy atom. The lowest BCUT2D eigenvalue weighted by atomic mass is 10.1. The van der Waals surface area contributed by atoms with Crippen LogP contribution in [-0.4, -0.2) is 57.1 Å². The fourth-order valence-electron chi connectivity index (χ4n) is 3.45. The van der Waals surface area contributed by atoms with Gasteiger partial charge in [-0.15, -0.1) is 0 Å². The summed E-state index contributed by atoms with van der Waals surface area (Å²) in [7, 11) is -2.47. The zero-order chi connectivity index (χ0) is 29.3. The minimum Gasteiger partial charge on any atom is -0.479 e. The molecule has 0 spiro atoms. The second-order valence-corrected chi connectivity index (χ2v) is 11.2. The van der Waals surface area contributed by atoms with E-state index in [2.05, 4.69) is 19.6 Å². The molecule has 3 rings (SSSR count). The Bertz CT molecular complexity index is 1500. The Kier molecular flexibility index (Phi) is 8.29. The van der Waals surface area contributed by atoms with E-state index in [4.69, 9.17) is 4.74 Å². The average molecular weight is 582 g/mol. The monoisotopic (exact) mass is 581 g/mol. The zero-order valence-electron chi connectivity index (χ0n) is 20.7. The number of amides is 1. The highest BCUT2D eigenvalue weighted by Gasteiger charge is 2.57. The van der Waals surface area contributed by atoms with Gasteiger partial charge in [-0.2, -0.15) is 30.7 Å². The van der Waals surface area contributed by atoms with Crippen molar-refractivity contribution in [3.05, 3.63) is 48.0 Å². The lowest BCUT2D eigenvalue weighted by molar-refractivity contribution is -0.258.